The number of rotatable bonds is 19. The summed E-state index contributed by atoms with van der Waals surface area (Å²) in [5.41, 5.74) is 2.46. The number of terminal acetylenes is 1. The number of unbranched alkanes of at least 4 members (excludes halogenated alkanes) is 7. The Morgan fingerprint density at radius 1 is 0.676 bits per heavy atom. The lowest BCUT2D eigenvalue weighted by molar-refractivity contribution is -0.686. The number of benzene rings is 2. The number of ether oxygens (including phenoxy) is 4. The Kier molecular flexibility index (Phi) is 14.4. The van der Waals surface area contributed by atoms with E-state index >= 15 is 0 Å². The minimum Gasteiger partial charge on any atom is -0.497 e. The van der Waals surface area contributed by atoms with Crippen molar-refractivity contribution in [3.8, 4) is 29.6 Å². The summed E-state index contributed by atoms with van der Waals surface area (Å²) in [6.07, 6.45) is 15.0. The van der Waals surface area contributed by atoms with Gasteiger partial charge in [-0.15, -0.1) is 6.42 Å². The van der Waals surface area contributed by atoms with Crippen LogP contribution in [0.1, 0.15) is 62.5 Å². The van der Waals surface area contributed by atoms with E-state index in [1.165, 1.54) is 49.7 Å². The highest BCUT2D eigenvalue weighted by Crippen LogP contribution is 2.22. The largest absolute Gasteiger partial charge is 0.497 e. The lowest BCUT2D eigenvalue weighted by atomic mass is 10.1. The molecule has 2 rings (SSSR count). The van der Waals surface area contributed by atoms with E-state index in [-0.39, 0.29) is 0 Å². The van der Waals surface area contributed by atoms with Crippen molar-refractivity contribution >= 4 is 0 Å². The molecule has 2 aromatic carbocycles. The fourth-order valence-electron chi connectivity index (χ4n) is 3.80. The van der Waals surface area contributed by atoms with Gasteiger partial charge >= 0.3 is 0 Å². The van der Waals surface area contributed by atoms with Gasteiger partial charge < -0.3 is 24.3 Å². The first kappa shape index (κ1) is 27.6. The van der Waals surface area contributed by atoms with Gasteiger partial charge in [0, 0.05) is 23.8 Å². The Morgan fingerprint density at radius 3 is 1.82 bits per heavy atom. The van der Waals surface area contributed by atoms with Crippen LogP contribution in [0.5, 0.6) is 17.2 Å². The molecule has 0 aromatic heterocycles. The number of quaternary nitrogens is 1. The molecule has 0 amide bonds. The quantitative estimate of drug-likeness (QED) is 0.230. The molecule has 0 heterocycles. The van der Waals surface area contributed by atoms with Gasteiger partial charge in [0.2, 0.25) is 0 Å². The summed E-state index contributed by atoms with van der Waals surface area (Å²) >= 11 is 0. The summed E-state index contributed by atoms with van der Waals surface area (Å²) in [4.78, 5) is 0. The third-order valence-corrected chi connectivity index (χ3v) is 5.73. The first-order valence-electron chi connectivity index (χ1n) is 12.5. The first-order valence-corrected chi connectivity index (χ1v) is 12.5. The molecule has 2 N–H and O–H groups in total. The Bertz CT molecular complexity index is 807. The van der Waals surface area contributed by atoms with Gasteiger partial charge in [0.25, 0.3) is 0 Å². The van der Waals surface area contributed by atoms with Crippen molar-refractivity contribution < 1.29 is 24.3 Å². The predicted octanol–water partition coefficient (Wildman–Crippen LogP) is 5.12. The number of hydrogen-bond acceptors (Lipinski definition) is 4. The minimum absolute atomic E-state index is 0.437. The summed E-state index contributed by atoms with van der Waals surface area (Å²) in [6, 6.07) is 14.4. The zero-order chi connectivity index (χ0) is 24.3. The highest BCUT2D eigenvalue weighted by Gasteiger charge is 2.04. The molecule has 0 aliphatic carbocycles. The molecule has 2 aromatic rings. The Hall–Kier alpha value is -2.68. The highest BCUT2D eigenvalue weighted by atomic mass is 16.5. The maximum atomic E-state index is 5.91. The van der Waals surface area contributed by atoms with Crippen LogP contribution in [-0.4, -0.2) is 34.0 Å². The minimum atomic E-state index is 0.437. The third kappa shape index (κ3) is 12.0. The van der Waals surface area contributed by atoms with E-state index < -0.39 is 0 Å². The van der Waals surface area contributed by atoms with Crippen LogP contribution < -0.4 is 19.5 Å². The summed E-state index contributed by atoms with van der Waals surface area (Å²) in [5, 5.41) is 2.28. The van der Waals surface area contributed by atoms with Crippen LogP contribution in [0.2, 0.25) is 0 Å². The van der Waals surface area contributed by atoms with Gasteiger partial charge in [-0.1, -0.05) is 44.4 Å². The lowest BCUT2D eigenvalue weighted by Gasteiger charge is -2.09. The van der Waals surface area contributed by atoms with Gasteiger partial charge in [-0.3, -0.25) is 0 Å². The van der Waals surface area contributed by atoms with Crippen molar-refractivity contribution in [3.05, 3.63) is 53.6 Å². The maximum Gasteiger partial charge on any atom is 0.123 e. The molecule has 0 spiro atoms. The summed E-state index contributed by atoms with van der Waals surface area (Å²) in [5.74, 6) is 5.09. The number of nitrogens with two attached hydrogens (primary N) is 1. The van der Waals surface area contributed by atoms with Gasteiger partial charge in [0.15, 0.2) is 0 Å². The Morgan fingerprint density at radius 2 is 1.24 bits per heavy atom. The summed E-state index contributed by atoms with van der Waals surface area (Å²) in [7, 11) is 3.35. The van der Waals surface area contributed by atoms with Crippen molar-refractivity contribution in [2.24, 2.45) is 0 Å². The predicted molar refractivity (Wildman–Crippen MR) is 137 cm³/mol. The van der Waals surface area contributed by atoms with Gasteiger partial charge in [-0.2, -0.15) is 0 Å². The Labute approximate surface area is 206 Å². The van der Waals surface area contributed by atoms with Crippen LogP contribution >= 0.6 is 0 Å². The molecule has 34 heavy (non-hydrogen) atoms. The zero-order valence-corrected chi connectivity index (χ0v) is 21.0. The van der Waals surface area contributed by atoms with Gasteiger partial charge in [-0.25, -0.2) is 0 Å². The van der Waals surface area contributed by atoms with E-state index in [0.29, 0.717) is 6.61 Å². The van der Waals surface area contributed by atoms with Gasteiger partial charge in [0.1, 0.15) is 36.9 Å². The molecule has 5 nitrogen and oxygen atoms in total. The van der Waals surface area contributed by atoms with Gasteiger partial charge in [-0.05, 0) is 49.2 Å². The zero-order valence-electron chi connectivity index (χ0n) is 21.0. The van der Waals surface area contributed by atoms with E-state index in [4.69, 9.17) is 25.4 Å². The van der Waals surface area contributed by atoms with Crippen LogP contribution in [0, 0.1) is 12.3 Å². The molecular formula is C29H42NO4+. The molecule has 0 radical (unpaired) electrons. The van der Waals surface area contributed by atoms with E-state index in [0.717, 1.165) is 56.4 Å². The summed E-state index contributed by atoms with van der Waals surface area (Å²) in [6.45, 7) is 3.80. The second-order valence-corrected chi connectivity index (χ2v) is 8.50. The SMILES string of the molecule is C#CCOCCCCCCCCCCOc1ccc(C[NH2+]Cc2cc(OC)cc(OC)c2)cc1. The van der Waals surface area contributed by atoms with E-state index in [1.54, 1.807) is 14.2 Å². The second kappa shape index (κ2) is 17.8. The van der Waals surface area contributed by atoms with E-state index in [9.17, 15) is 0 Å². The van der Waals surface area contributed by atoms with Crippen molar-refractivity contribution in [2.75, 3.05) is 34.0 Å². The first-order chi connectivity index (χ1) is 16.7. The molecule has 0 atom stereocenters. The molecule has 0 aliphatic heterocycles. The third-order valence-electron chi connectivity index (χ3n) is 5.73. The van der Waals surface area contributed by atoms with Crippen LogP contribution in [0.25, 0.3) is 0 Å². The van der Waals surface area contributed by atoms with Crippen molar-refractivity contribution in [2.45, 2.75) is 64.5 Å². The molecular weight excluding hydrogens is 426 g/mol. The molecule has 0 aliphatic rings. The lowest BCUT2D eigenvalue weighted by Crippen LogP contribution is -2.80. The van der Waals surface area contributed by atoms with E-state index in [2.05, 4.69) is 47.6 Å². The standard InChI is InChI=1S/C29H41NO4/c1-4-17-33-18-11-9-7-5-6-8-10-12-19-34-27-15-13-25(14-16-27)23-30-24-26-20-28(31-2)22-29(21-26)32-3/h1,13-16,20-22,30H,5-12,17-19,23-24H2,2-3H3/p+1. The van der Waals surface area contributed by atoms with Crippen LogP contribution in [-0.2, 0) is 17.8 Å². The average molecular weight is 469 g/mol. The molecule has 0 fully saturated rings. The van der Waals surface area contributed by atoms with E-state index in [1.807, 2.05) is 6.07 Å². The molecule has 186 valence electrons. The van der Waals surface area contributed by atoms with Crippen LogP contribution in [0.4, 0.5) is 0 Å². The highest BCUT2D eigenvalue weighted by molar-refractivity contribution is 5.38. The van der Waals surface area contributed by atoms with Crippen LogP contribution in [0.3, 0.4) is 0 Å². The smallest absolute Gasteiger partial charge is 0.123 e. The average Bonchev–Trinajstić information content (AvgIpc) is 2.87. The topological polar surface area (TPSA) is 53.5 Å². The van der Waals surface area contributed by atoms with Crippen molar-refractivity contribution in [1.82, 2.24) is 0 Å². The second-order valence-electron chi connectivity index (χ2n) is 8.50. The molecule has 0 saturated carbocycles. The number of hydrogen-bond donors (Lipinski definition) is 1. The molecule has 0 saturated heterocycles. The van der Waals surface area contributed by atoms with Crippen LogP contribution in [0.15, 0.2) is 42.5 Å². The summed E-state index contributed by atoms with van der Waals surface area (Å²) < 4.78 is 21.9. The van der Waals surface area contributed by atoms with Crippen molar-refractivity contribution in [1.29, 1.82) is 0 Å². The molecule has 5 heteroatoms. The number of methoxy groups -OCH3 is 2. The Balaban J connectivity index is 1.51. The molecule has 0 unspecified atom stereocenters. The fourth-order valence-corrected chi connectivity index (χ4v) is 3.80. The fraction of sp³-hybridized carbons (Fsp3) is 0.517. The van der Waals surface area contributed by atoms with Gasteiger partial charge in [0.05, 0.1) is 20.8 Å². The molecule has 0 bridgehead atoms. The normalized spacial score (nSPS) is 10.6. The maximum absolute atomic E-state index is 5.91. The monoisotopic (exact) mass is 468 g/mol. The van der Waals surface area contributed by atoms with Crippen molar-refractivity contribution in [3.63, 3.8) is 0 Å².